The number of esters is 1. The number of carbonyl (C=O) groups is 4. The van der Waals surface area contributed by atoms with E-state index in [1.807, 2.05) is 64.4 Å². The molecule has 11 heteroatoms. The molecule has 2 N–H and O–H groups in total. The predicted octanol–water partition coefficient (Wildman–Crippen LogP) is 4.09. The van der Waals surface area contributed by atoms with Crippen LogP contribution in [0.4, 0.5) is 0 Å². The molecule has 43 heavy (non-hydrogen) atoms. The number of nitrogens with zero attached hydrogens (tertiary/aromatic N) is 3. The Bertz CT molecular complexity index is 1290. The third-order valence-electron chi connectivity index (χ3n) is 7.27. The number of likely N-dealkylation sites (tertiary alicyclic amines) is 1. The van der Waals surface area contributed by atoms with Gasteiger partial charge in [-0.25, -0.2) is 4.98 Å². The highest BCUT2D eigenvalue weighted by Gasteiger charge is 2.42. The van der Waals surface area contributed by atoms with Crippen molar-refractivity contribution in [3.8, 4) is 10.4 Å². The van der Waals surface area contributed by atoms with Crippen molar-refractivity contribution in [1.82, 2.24) is 25.4 Å². The van der Waals surface area contributed by atoms with Gasteiger partial charge in [0.1, 0.15) is 17.7 Å². The highest BCUT2D eigenvalue weighted by molar-refractivity contribution is 7.13. The van der Waals surface area contributed by atoms with E-state index in [0.29, 0.717) is 19.4 Å². The molecule has 2 heterocycles. The minimum atomic E-state index is -0.844. The van der Waals surface area contributed by atoms with E-state index >= 15 is 0 Å². The third-order valence-corrected chi connectivity index (χ3v) is 8.24. The van der Waals surface area contributed by atoms with Gasteiger partial charge in [0.25, 0.3) is 0 Å². The first-order valence-electron chi connectivity index (χ1n) is 14.8. The number of hydrogen-bond donors (Lipinski definition) is 2. The van der Waals surface area contributed by atoms with Crippen LogP contribution < -0.4 is 10.6 Å². The SMILES string of the molecule is Cc1ncsc1-c1ccc([C@H](C)NC(=O)C2CCCN2C(=O)[C@@H](NC(=O)CN(C)CC(=O)OC(C)(C)C)C(C)(C)C)cc1. The number of thiazole rings is 1. The van der Waals surface area contributed by atoms with Gasteiger partial charge >= 0.3 is 5.97 Å². The lowest BCUT2D eigenvalue weighted by molar-refractivity contribution is -0.156. The van der Waals surface area contributed by atoms with Crippen LogP contribution in [-0.4, -0.2) is 82.8 Å². The van der Waals surface area contributed by atoms with Crippen LogP contribution in [0, 0.1) is 12.3 Å². The molecule has 3 amide bonds. The van der Waals surface area contributed by atoms with Crippen LogP contribution in [0.3, 0.4) is 0 Å². The highest BCUT2D eigenvalue weighted by Crippen LogP contribution is 2.29. The zero-order valence-corrected chi connectivity index (χ0v) is 27.8. The maximum absolute atomic E-state index is 13.8. The van der Waals surface area contributed by atoms with Crippen molar-refractivity contribution in [3.05, 3.63) is 41.0 Å². The van der Waals surface area contributed by atoms with Gasteiger partial charge in [0.2, 0.25) is 17.7 Å². The molecule has 1 fully saturated rings. The molecule has 1 aliphatic heterocycles. The summed E-state index contributed by atoms with van der Waals surface area (Å²) in [6.07, 6.45) is 1.25. The van der Waals surface area contributed by atoms with Gasteiger partial charge in [-0.3, -0.25) is 24.1 Å². The molecule has 3 atom stereocenters. The van der Waals surface area contributed by atoms with Crippen LogP contribution in [0.5, 0.6) is 0 Å². The van der Waals surface area contributed by atoms with Gasteiger partial charge in [0.05, 0.1) is 35.2 Å². The Morgan fingerprint density at radius 1 is 1.07 bits per heavy atom. The van der Waals surface area contributed by atoms with Crippen LogP contribution in [0.15, 0.2) is 29.8 Å². The summed E-state index contributed by atoms with van der Waals surface area (Å²) < 4.78 is 5.33. The van der Waals surface area contributed by atoms with Gasteiger partial charge in [0, 0.05) is 6.54 Å². The lowest BCUT2D eigenvalue weighted by atomic mass is 9.85. The van der Waals surface area contributed by atoms with Crippen LogP contribution in [0.25, 0.3) is 10.4 Å². The maximum atomic E-state index is 13.8. The molecule has 1 aromatic carbocycles. The zero-order chi connectivity index (χ0) is 32.1. The number of rotatable bonds is 10. The Kier molecular flexibility index (Phi) is 11.1. The molecule has 10 nitrogen and oxygen atoms in total. The number of aryl methyl sites for hydroxylation is 1. The minimum absolute atomic E-state index is 0.0566. The Labute approximate surface area is 259 Å². The molecule has 2 aromatic rings. The van der Waals surface area contributed by atoms with Crippen LogP contribution >= 0.6 is 11.3 Å². The summed E-state index contributed by atoms with van der Waals surface area (Å²) in [5.41, 5.74) is 3.64. The number of carbonyl (C=O) groups excluding carboxylic acids is 4. The molecule has 0 spiro atoms. The minimum Gasteiger partial charge on any atom is -0.459 e. The number of ether oxygens (including phenoxy) is 1. The normalized spacial score (nSPS) is 17.0. The van der Waals surface area contributed by atoms with Gasteiger partial charge in [-0.15, -0.1) is 11.3 Å². The van der Waals surface area contributed by atoms with E-state index in [2.05, 4.69) is 15.6 Å². The Morgan fingerprint density at radius 2 is 1.72 bits per heavy atom. The first-order valence-corrected chi connectivity index (χ1v) is 15.6. The number of hydrogen-bond acceptors (Lipinski definition) is 8. The Balaban J connectivity index is 1.63. The molecule has 3 rings (SSSR count). The predicted molar refractivity (Wildman–Crippen MR) is 168 cm³/mol. The smallest absolute Gasteiger partial charge is 0.320 e. The lowest BCUT2D eigenvalue weighted by Gasteiger charge is -2.36. The Hall–Kier alpha value is -3.31. The second-order valence-corrected chi connectivity index (χ2v) is 14.3. The number of amides is 3. The molecule has 236 valence electrons. The first-order chi connectivity index (χ1) is 20.0. The van der Waals surface area contributed by atoms with Crippen molar-refractivity contribution in [2.24, 2.45) is 5.41 Å². The number of nitrogens with one attached hydrogen (secondary N) is 2. The molecular weight excluding hydrogens is 566 g/mol. The fraction of sp³-hybridized carbons (Fsp3) is 0.594. The average molecular weight is 614 g/mol. The summed E-state index contributed by atoms with van der Waals surface area (Å²) in [7, 11) is 1.65. The van der Waals surface area contributed by atoms with Crippen LogP contribution in [-0.2, 0) is 23.9 Å². The number of aromatic nitrogens is 1. The zero-order valence-electron chi connectivity index (χ0n) is 26.9. The second kappa shape index (κ2) is 14.0. The third kappa shape index (κ3) is 9.59. The van der Waals surface area contributed by atoms with Gasteiger partial charge in [-0.1, -0.05) is 45.0 Å². The van der Waals surface area contributed by atoms with E-state index in [1.165, 1.54) is 0 Å². The van der Waals surface area contributed by atoms with Crippen molar-refractivity contribution in [2.75, 3.05) is 26.7 Å². The molecular formula is C32H47N5O5S. The topological polar surface area (TPSA) is 121 Å². The maximum Gasteiger partial charge on any atom is 0.320 e. The summed E-state index contributed by atoms with van der Waals surface area (Å²) in [6.45, 7) is 15.2. The highest BCUT2D eigenvalue weighted by atomic mass is 32.1. The van der Waals surface area contributed by atoms with Crippen molar-refractivity contribution in [1.29, 1.82) is 0 Å². The van der Waals surface area contributed by atoms with Crippen LogP contribution in [0.2, 0.25) is 0 Å². The van der Waals surface area contributed by atoms with Gasteiger partial charge in [-0.2, -0.15) is 0 Å². The van der Waals surface area contributed by atoms with Crippen molar-refractivity contribution >= 4 is 35.0 Å². The fourth-order valence-electron chi connectivity index (χ4n) is 5.11. The van der Waals surface area contributed by atoms with E-state index in [0.717, 1.165) is 21.7 Å². The number of likely N-dealkylation sites (N-methyl/N-ethyl adjacent to an activating group) is 1. The fourth-order valence-corrected chi connectivity index (χ4v) is 5.93. The van der Waals surface area contributed by atoms with Crippen molar-refractivity contribution < 1.29 is 23.9 Å². The average Bonchev–Trinajstić information content (AvgIpc) is 3.54. The molecule has 1 unspecified atom stereocenters. The molecule has 0 aliphatic carbocycles. The first kappa shape index (κ1) is 34.2. The summed E-state index contributed by atoms with van der Waals surface area (Å²) in [6, 6.07) is 6.36. The monoisotopic (exact) mass is 613 g/mol. The van der Waals surface area contributed by atoms with Gasteiger partial charge < -0.3 is 20.3 Å². The molecule has 1 saturated heterocycles. The van der Waals surface area contributed by atoms with Gasteiger partial charge in [-0.05, 0) is 71.0 Å². The molecule has 1 aromatic heterocycles. The van der Waals surface area contributed by atoms with Crippen LogP contribution in [0.1, 0.15) is 78.6 Å². The number of benzene rings is 1. The largest absolute Gasteiger partial charge is 0.459 e. The van der Waals surface area contributed by atoms with E-state index < -0.39 is 29.1 Å². The van der Waals surface area contributed by atoms with Crippen molar-refractivity contribution in [2.45, 2.75) is 92.0 Å². The van der Waals surface area contributed by atoms with E-state index in [4.69, 9.17) is 4.74 Å². The van der Waals surface area contributed by atoms with E-state index in [-0.39, 0.29) is 36.9 Å². The van der Waals surface area contributed by atoms with E-state index in [9.17, 15) is 19.2 Å². The quantitative estimate of drug-likeness (QED) is 0.387. The summed E-state index contributed by atoms with van der Waals surface area (Å²) in [4.78, 5) is 61.0. The summed E-state index contributed by atoms with van der Waals surface area (Å²) >= 11 is 1.60. The van der Waals surface area contributed by atoms with E-state index in [1.54, 1.807) is 49.0 Å². The van der Waals surface area contributed by atoms with Gasteiger partial charge in [0.15, 0.2) is 0 Å². The summed E-state index contributed by atoms with van der Waals surface area (Å²) in [5, 5.41) is 5.96. The molecule has 0 radical (unpaired) electrons. The summed E-state index contributed by atoms with van der Waals surface area (Å²) in [5.74, 6) is -1.32. The van der Waals surface area contributed by atoms with Crippen molar-refractivity contribution in [3.63, 3.8) is 0 Å². The molecule has 0 bridgehead atoms. The lowest BCUT2D eigenvalue weighted by Crippen LogP contribution is -2.58. The Morgan fingerprint density at radius 3 is 2.28 bits per heavy atom. The second-order valence-electron chi connectivity index (χ2n) is 13.4. The molecule has 1 aliphatic rings. The molecule has 0 saturated carbocycles. The standard InChI is InChI=1S/C32H47N5O5S/c1-20(22-12-14-23(15-13-22)27-21(2)33-19-43-27)34-29(40)24-11-10-16-37(24)30(41)28(31(3,4)5)35-25(38)17-36(9)18-26(39)42-32(6,7)8/h12-15,19-20,24,28H,10-11,16-18H2,1-9H3,(H,34,40)(H,35,38)/t20-,24?,28+/m0/s1.